The second-order valence-corrected chi connectivity index (χ2v) is 7.90. The first-order chi connectivity index (χ1) is 10.0. The van der Waals surface area contributed by atoms with Crippen molar-refractivity contribution in [3.05, 3.63) is 34.3 Å². The highest BCUT2D eigenvalue weighted by molar-refractivity contribution is 9.10. The molecule has 2 N–H and O–H groups in total. The van der Waals surface area contributed by atoms with Gasteiger partial charge in [-0.1, -0.05) is 53.4 Å². The van der Waals surface area contributed by atoms with Crippen molar-refractivity contribution in [1.82, 2.24) is 0 Å². The van der Waals surface area contributed by atoms with E-state index in [4.69, 9.17) is 10.5 Å². The predicted molar refractivity (Wildman–Crippen MR) is 90.2 cm³/mol. The number of hydrogen-bond acceptors (Lipinski definition) is 2. The predicted octanol–water partition coefficient (Wildman–Crippen LogP) is 4.75. The van der Waals surface area contributed by atoms with Gasteiger partial charge < -0.3 is 10.5 Å². The summed E-state index contributed by atoms with van der Waals surface area (Å²) in [6.45, 7) is 3.06. The fraction of sp³-hybridized carbons (Fsp3) is 0.667. The Labute approximate surface area is 136 Å². The van der Waals surface area contributed by atoms with Crippen molar-refractivity contribution in [2.45, 2.75) is 63.0 Å². The fourth-order valence-corrected chi connectivity index (χ4v) is 4.91. The van der Waals surface area contributed by atoms with Crippen molar-refractivity contribution in [1.29, 1.82) is 0 Å². The van der Waals surface area contributed by atoms with Crippen LogP contribution in [0, 0.1) is 5.92 Å². The highest BCUT2D eigenvalue weighted by atomic mass is 79.9. The Morgan fingerprint density at radius 3 is 2.67 bits per heavy atom. The van der Waals surface area contributed by atoms with Crippen LogP contribution in [-0.2, 0) is 10.3 Å². The van der Waals surface area contributed by atoms with Crippen molar-refractivity contribution in [2.75, 3.05) is 6.61 Å². The summed E-state index contributed by atoms with van der Waals surface area (Å²) in [6, 6.07) is 8.39. The van der Waals surface area contributed by atoms with Crippen LogP contribution in [0.4, 0.5) is 0 Å². The van der Waals surface area contributed by atoms with E-state index in [1.165, 1.54) is 37.7 Å². The highest BCUT2D eigenvalue weighted by Crippen LogP contribution is 2.46. The summed E-state index contributed by atoms with van der Waals surface area (Å²) in [5.74, 6) is 0.489. The molecule has 1 heterocycles. The van der Waals surface area contributed by atoms with Crippen molar-refractivity contribution in [3.63, 3.8) is 0 Å². The second kappa shape index (κ2) is 6.02. The van der Waals surface area contributed by atoms with Crippen molar-refractivity contribution in [2.24, 2.45) is 11.7 Å². The Balaban J connectivity index is 1.83. The van der Waals surface area contributed by atoms with Gasteiger partial charge in [0.1, 0.15) is 0 Å². The second-order valence-electron chi connectivity index (χ2n) is 7.04. The Morgan fingerprint density at radius 2 is 1.95 bits per heavy atom. The molecule has 2 nitrogen and oxygen atoms in total. The molecular weight excluding hydrogens is 326 g/mol. The molecular formula is C18H26BrNO. The topological polar surface area (TPSA) is 35.2 Å². The standard InChI is InChI=1S/C18H26BrNO/c1-17(20,15-7-3-4-8-16(15)19)14-9-12-21-18(13-14)10-5-2-6-11-18/h3-4,7-8,14H,2,5-6,9-13,20H2,1H3. The van der Waals surface area contributed by atoms with Crippen LogP contribution in [0.25, 0.3) is 0 Å². The number of ether oxygens (including phenoxy) is 1. The normalized spacial score (nSPS) is 28.2. The van der Waals surface area contributed by atoms with Gasteiger partial charge in [0.2, 0.25) is 0 Å². The van der Waals surface area contributed by atoms with Gasteiger partial charge in [0.05, 0.1) is 5.60 Å². The lowest BCUT2D eigenvalue weighted by atomic mass is 9.68. The van der Waals surface area contributed by atoms with E-state index in [9.17, 15) is 0 Å². The average molecular weight is 352 g/mol. The lowest BCUT2D eigenvalue weighted by molar-refractivity contribution is -0.127. The molecule has 1 spiro atoms. The smallest absolute Gasteiger partial charge is 0.0686 e. The minimum atomic E-state index is -0.297. The summed E-state index contributed by atoms with van der Waals surface area (Å²) in [5, 5.41) is 0. The first-order valence-electron chi connectivity index (χ1n) is 8.21. The van der Waals surface area contributed by atoms with Crippen LogP contribution in [0.2, 0.25) is 0 Å². The SMILES string of the molecule is CC(N)(c1ccccc1Br)C1CCOC2(CCCCC2)C1. The van der Waals surface area contributed by atoms with Crippen LogP contribution in [0.15, 0.2) is 28.7 Å². The van der Waals surface area contributed by atoms with Gasteiger partial charge in [0, 0.05) is 16.6 Å². The third-order valence-electron chi connectivity index (χ3n) is 5.56. The van der Waals surface area contributed by atoms with Crippen molar-refractivity contribution < 1.29 is 4.74 Å². The number of benzene rings is 1. The molecule has 0 bridgehead atoms. The fourth-order valence-electron chi connectivity index (χ4n) is 4.20. The van der Waals surface area contributed by atoms with Crippen LogP contribution >= 0.6 is 15.9 Å². The molecule has 2 atom stereocenters. The molecule has 1 aliphatic carbocycles. The summed E-state index contributed by atoms with van der Waals surface area (Å²) < 4.78 is 7.35. The molecule has 3 heteroatoms. The van der Waals surface area contributed by atoms with E-state index >= 15 is 0 Å². The maximum atomic E-state index is 6.82. The zero-order valence-corrected chi connectivity index (χ0v) is 14.5. The maximum Gasteiger partial charge on any atom is 0.0686 e. The van der Waals surface area contributed by atoms with Crippen LogP contribution in [0.3, 0.4) is 0 Å². The Kier molecular flexibility index (Phi) is 4.45. The van der Waals surface area contributed by atoms with Crippen LogP contribution in [-0.4, -0.2) is 12.2 Å². The van der Waals surface area contributed by atoms with Crippen LogP contribution < -0.4 is 5.73 Å². The molecule has 1 aliphatic heterocycles. The Bertz CT molecular complexity index is 488. The first kappa shape index (κ1) is 15.5. The van der Waals surface area contributed by atoms with Gasteiger partial charge in [-0.2, -0.15) is 0 Å². The lowest BCUT2D eigenvalue weighted by Crippen LogP contribution is -2.50. The molecule has 0 aromatic heterocycles. The number of hydrogen-bond donors (Lipinski definition) is 1. The lowest BCUT2D eigenvalue weighted by Gasteiger charge is -2.48. The van der Waals surface area contributed by atoms with Gasteiger partial charge in [0.15, 0.2) is 0 Å². The van der Waals surface area contributed by atoms with Crippen molar-refractivity contribution in [3.8, 4) is 0 Å². The van der Waals surface area contributed by atoms with Gasteiger partial charge >= 0.3 is 0 Å². The van der Waals surface area contributed by atoms with Gasteiger partial charge in [-0.05, 0) is 50.2 Å². The van der Waals surface area contributed by atoms with Gasteiger partial charge in [-0.3, -0.25) is 0 Å². The Hall–Kier alpha value is -0.380. The molecule has 0 amide bonds. The molecule has 1 aromatic rings. The summed E-state index contributed by atoms with van der Waals surface area (Å²) >= 11 is 3.67. The van der Waals surface area contributed by atoms with Crippen molar-refractivity contribution >= 4 is 15.9 Å². The molecule has 1 saturated carbocycles. The molecule has 1 saturated heterocycles. The molecule has 2 aliphatic rings. The zero-order valence-electron chi connectivity index (χ0n) is 12.9. The van der Waals surface area contributed by atoms with Gasteiger partial charge in [-0.25, -0.2) is 0 Å². The third-order valence-corrected chi connectivity index (χ3v) is 6.25. The number of rotatable bonds is 2. The first-order valence-corrected chi connectivity index (χ1v) is 9.01. The summed E-state index contributed by atoms with van der Waals surface area (Å²) in [6.07, 6.45) is 8.59. The minimum Gasteiger partial charge on any atom is -0.375 e. The monoisotopic (exact) mass is 351 g/mol. The molecule has 21 heavy (non-hydrogen) atoms. The van der Waals surface area contributed by atoms with E-state index in [1.807, 2.05) is 0 Å². The van der Waals surface area contributed by atoms with E-state index in [0.717, 1.165) is 23.9 Å². The zero-order chi connectivity index (χ0) is 14.9. The summed E-state index contributed by atoms with van der Waals surface area (Å²) in [7, 11) is 0. The molecule has 3 rings (SSSR count). The number of halogens is 1. The average Bonchev–Trinajstić information content (AvgIpc) is 2.48. The van der Waals surface area contributed by atoms with E-state index in [0.29, 0.717) is 5.92 Å². The van der Waals surface area contributed by atoms with Gasteiger partial charge in [-0.15, -0.1) is 0 Å². The van der Waals surface area contributed by atoms with E-state index in [2.05, 4.69) is 47.1 Å². The molecule has 2 unspecified atom stereocenters. The summed E-state index contributed by atoms with van der Waals surface area (Å²) in [5.41, 5.74) is 7.86. The molecule has 1 aromatic carbocycles. The third kappa shape index (κ3) is 3.06. The molecule has 2 fully saturated rings. The Morgan fingerprint density at radius 1 is 1.24 bits per heavy atom. The maximum absolute atomic E-state index is 6.82. The number of nitrogens with two attached hydrogens (primary N) is 1. The highest BCUT2D eigenvalue weighted by Gasteiger charge is 2.44. The summed E-state index contributed by atoms with van der Waals surface area (Å²) in [4.78, 5) is 0. The minimum absolute atomic E-state index is 0.114. The van der Waals surface area contributed by atoms with E-state index in [1.54, 1.807) is 0 Å². The molecule has 0 radical (unpaired) electrons. The van der Waals surface area contributed by atoms with Crippen LogP contribution in [0.1, 0.15) is 57.4 Å². The van der Waals surface area contributed by atoms with E-state index < -0.39 is 0 Å². The molecule has 116 valence electrons. The van der Waals surface area contributed by atoms with E-state index in [-0.39, 0.29) is 11.1 Å². The van der Waals surface area contributed by atoms with Crippen LogP contribution in [0.5, 0.6) is 0 Å². The largest absolute Gasteiger partial charge is 0.375 e. The van der Waals surface area contributed by atoms with Gasteiger partial charge in [0.25, 0.3) is 0 Å². The quantitative estimate of drug-likeness (QED) is 0.833.